The molecule has 0 aliphatic carbocycles. The molecular formula is C6H11NO3S. The van der Waals surface area contributed by atoms with Crippen molar-refractivity contribution >= 4 is 17.3 Å². The van der Waals surface area contributed by atoms with E-state index in [9.17, 15) is 9.35 Å². The summed E-state index contributed by atoms with van der Waals surface area (Å²) in [6, 6.07) is -0.782. The minimum atomic E-state index is -1.32. The summed E-state index contributed by atoms with van der Waals surface area (Å²) in [5.41, 5.74) is 0. The molecule has 2 atom stereocenters. The Morgan fingerprint density at radius 1 is 2.00 bits per heavy atom. The van der Waals surface area contributed by atoms with Gasteiger partial charge in [-0.25, -0.2) is 0 Å². The average molecular weight is 177 g/mol. The van der Waals surface area contributed by atoms with Gasteiger partial charge in [0, 0.05) is 11.4 Å². The van der Waals surface area contributed by atoms with Crippen LogP contribution in [0, 0.1) is 0 Å². The van der Waals surface area contributed by atoms with Gasteiger partial charge in [0.1, 0.15) is 11.8 Å². The second-order valence-corrected chi connectivity index (χ2v) is 3.24. The molecule has 0 rings (SSSR count). The van der Waals surface area contributed by atoms with Crippen LogP contribution in [0.4, 0.5) is 0 Å². The molecule has 0 heterocycles. The molecule has 5 heteroatoms. The van der Waals surface area contributed by atoms with E-state index in [1.807, 2.05) is 0 Å². The van der Waals surface area contributed by atoms with Gasteiger partial charge in [0.05, 0.1) is 0 Å². The molecule has 0 aromatic carbocycles. The highest BCUT2D eigenvalue weighted by Crippen LogP contribution is 1.89. The molecule has 0 saturated heterocycles. The fraction of sp³-hybridized carbons (Fsp3) is 0.500. The van der Waals surface area contributed by atoms with Gasteiger partial charge < -0.3 is 9.66 Å². The molecule has 0 fully saturated rings. The Morgan fingerprint density at radius 2 is 2.55 bits per heavy atom. The molecule has 0 aliphatic rings. The fourth-order valence-corrected chi connectivity index (χ4v) is 1.21. The van der Waals surface area contributed by atoms with Gasteiger partial charge in [-0.2, -0.15) is 0 Å². The molecule has 4 nitrogen and oxygen atoms in total. The Bertz CT molecular complexity index is 151. The first-order valence-corrected chi connectivity index (χ1v) is 4.38. The quantitative estimate of drug-likeness (QED) is 0.454. The van der Waals surface area contributed by atoms with E-state index in [-0.39, 0.29) is 5.75 Å². The van der Waals surface area contributed by atoms with Crippen molar-refractivity contribution in [3.63, 3.8) is 0 Å². The van der Waals surface area contributed by atoms with Crippen LogP contribution in [-0.4, -0.2) is 27.4 Å². The van der Waals surface area contributed by atoms with E-state index < -0.39 is 23.4 Å². The molecule has 0 amide bonds. The van der Waals surface area contributed by atoms with E-state index in [1.54, 1.807) is 0 Å². The number of carboxylic acid groups (broad SMARTS) is 1. The van der Waals surface area contributed by atoms with Gasteiger partial charge in [0.25, 0.3) is 0 Å². The largest absolute Gasteiger partial charge is 0.598 e. The number of hydrogen-bond acceptors (Lipinski definition) is 3. The van der Waals surface area contributed by atoms with Gasteiger partial charge in [-0.1, -0.05) is 6.58 Å². The SMILES string of the molecule is C=CC[S+]([O-])N[C@H](C)C(=O)O. The lowest BCUT2D eigenvalue weighted by Crippen LogP contribution is -2.39. The second kappa shape index (κ2) is 5.17. The van der Waals surface area contributed by atoms with Gasteiger partial charge in [-0.3, -0.25) is 4.79 Å². The molecule has 0 aromatic rings. The Morgan fingerprint density at radius 3 is 2.91 bits per heavy atom. The number of rotatable bonds is 5. The van der Waals surface area contributed by atoms with E-state index >= 15 is 0 Å². The van der Waals surface area contributed by atoms with Crippen LogP contribution in [0.2, 0.25) is 0 Å². The first-order valence-electron chi connectivity index (χ1n) is 3.06. The average Bonchev–Trinajstić information content (AvgIpc) is 1.87. The molecular weight excluding hydrogens is 166 g/mol. The van der Waals surface area contributed by atoms with Crippen molar-refractivity contribution in [2.75, 3.05) is 5.75 Å². The smallest absolute Gasteiger partial charge is 0.324 e. The molecule has 0 aromatic heterocycles. The van der Waals surface area contributed by atoms with Gasteiger partial charge in [0.2, 0.25) is 0 Å². The third-order valence-electron chi connectivity index (χ3n) is 0.948. The zero-order chi connectivity index (χ0) is 8.85. The summed E-state index contributed by atoms with van der Waals surface area (Å²) in [6.45, 7) is 4.81. The third kappa shape index (κ3) is 4.83. The lowest BCUT2D eigenvalue weighted by atomic mass is 10.4. The molecule has 11 heavy (non-hydrogen) atoms. The van der Waals surface area contributed by atoms with E-state index in [0.717, 1.165) is 0 Å². The van der Waals surface area contributed by atoms with Crippen molar-refractivity contribution in [1.29, 1.82) is 0 Å². The number of hydrogen-bond donors (Lipinski definition) is 2. The normalized spacial score (nSPS) is 15.5. The molecule has 0 spiro atoms. The summed E-state index contributed by atoms with van der Waals surface area (Å²) in [6.07, 6.45) is 1.47. The van der Waals surface area contributed by atoms with Crippen LogP contribution in [0.15, 0.2) is 12.7 Å². The van der Waals surface area contributed by atoms with Crippen LogP contribution >= 0.6 is 0 Å². The molecule has 0 bridgehead atoms. The van der Waals surface area contributed by atoms with E-state index in [4.69, 9.17) is 5.11 Å². The van der Waals surface area contributed by atoms with E-state index in [2.05, 4.69) is 11.3 Å². The van der Waals surface area contributed by atoms with Crippen molar-refractivity contribution in [2.24, 2.45) is 0 Å². The molecule has 64 valence electrons. The Labute approximate surface area is 68.6 Å². The summed E-state index contributed by atoms with van der Waals surface area (Å²) in [4.78, 5) is 10.2. The zero-order valence-electron chi connectivity index (χ0n) is 6.24. The summed E-state index contributed by atoms with van der Waals surface area (Å²) >= 11 is -1.32. The minimum Gasteiger partial charge on any atom is -0.598 e. The number of nitrogens with one attached hydrogen (secondary N) is 1. The monoisotopic (exact) mass is 177 g/mol. The Balaban J connectivity index is 3.64. The van der Waals surface area contributed by atoms with Crippen LogP contribution in [0.3, 0.4) is 0 Å². The molecule has 1 unspecified atom stereocenters. The van der Waals surface area contributed by atoms with Crippen LogP contribution in [-0.2, 0) is 16.2 Å². The van der Waals surface area contributed by atoms with E-state index in [1.165, 1.54) is 13.0 Å². The highest BCUT2D eigenvalue weighted by Gasteiger charge is 2.16. The third-order valence-corrected chi connectivity index (χ3v) is 2.10. The number of carboxylic acids is 1. The van der Waals surface area contributed by atoms with Crippen molar-refractivity contribution in [3.05, 3.63) is 12.7 Å². The zero-order valence-corrected chi connectivity index (χ0v) is 7.06. The highest BCUT2D eigenvalue weighted by molar-refractivity contribution is 7.89. The summed E-state index contributed by atoms with van der Waals surface area (Å²) in [5.74, 6) is -0.750. The maximum absolute atomic E-state index is 10.8. The first-order chi connectivity index (χ1) is 5.07. The lowest BCUT2D eigenvalue weighted by molar-refractivity contribution is -0.138. The van der Waals surface area contributed by atoms with Crippen LogP contribution in [0.1, 0.15) is 6.92 Å². The van der Waals surface area contributed by atoms with Crippen molar-refractivity contribution < 1.29 is 14.5 Å². The number of aliphatic carboxylic acids is 1. The lowest BCUT2D eigenvalue weighted by Gasteiger charge is -2.11. The van der Waals surface area contributed by atoms with Crippen molar-refractivity contribution in [3.8, 4) is 0 Å². The van der Waals surface area contributed by atoms with Crippen molar-refractivity contribution in [1.82, 2.24) is 4.72 Å². The van der Waals surface area contributed by atoms with Crippen LogP contribution < -0.4 is 4.72 Å². The predicted octanol–water partition coefficient (Wildman–Crippen LogP) is -0.101. The first kappa shape index (κ1) is 10.5. The maximum atomic E-state index is 10.8. The maximum Gasteiger partial charge on any atom is 0.324 e. The summed E-state index contributed by atoms with van der Waals surface area (Å²) in [7, 11) is 0. The highest BCUT2D eigenvalue weighted by atomic mass is 32.2. The molecule has 2 N–H and O–H groups in total. The minimum absolute atomic E-state index is 0.262. The Kier molecular flexibility index (Phi) is 4.93. The number of carbonyl (C=O) groups is 1. The predicted molar refractivity (Wildman–Crippen MR) is 43.4 cm³/mol. The fourth-order valence-electron chi connectivity index (χ4n) is 0.403. The van der Waals surface area contributed by atoms with Gasteiger partial charge in [0.15, 0.2) is 0 Å². The van der Waals surface area contributed by atoms with Gasteiger partial charge >= 0.3 is 5.97 Å². The second-order valence-electron chi connectivity index (χ2n) is 1.98. The van der Waals surface area contributed by atoms with E-state index in [0.29, 0.717) is 0 Å². The van der Waals surface area contributed by atoms with Gasteiger partial charge in [-0.05, 0) is 13.0 Å². The summed E-state index contributed by atoms with van der Waals surface area (Å²) in [5, 5.41) is 8.38. The van der Waals surface area contributed by atoms with Crippen LogP contribution in [0.5, 0.6) is 0 Å². The molecule has 0 saturated carbocycles. The standard InChI is InChI=1S/C6H11NO3S/c1-3-4-11(10)7-5(2)6(8)9/h3,5,7H,1,4H2,2H3,(H,8,9)/t5-,11?/m1/s1. The van der Waals surface area contributed by atoms with Crippen molar-refractivity contribution in [2.45, 2.75) is 13.0 Å². The van der Waals surface area contributed by atoms with Gasteiger partial charge in [-0.15, -0.1) is 4.72 Å². The molecule has 0 aliphatic heterocycles. The Hall–Kier alpha value is -0.520. The molecule has 0 radical (unpaired) electrons. The summed E-state index contributed by atoms with van der Waals surface area (Å²) < 4.78 is 13.2. The topological polar surface area (TPSA) is 72.4 Å². The van der Waals surface area contributed by atoms with Crippen LogP contribution in [0.25, 0.3) is 0 Å².